The van der Waals surface area contributed by atoms with Crippen LogP contribution in [0.2, 0.25) is 0 Å². The largest absolute Gasteiger partial charge is 0.290 e. The fourth-order valence-corrected chi connectivity index (χ4v) is 3.11. The van der Waals surface area contributed by atoms with Crippen molar-refractivity contribution in [2.24, 2.45) is 0 Å². The monoisotopic (exact) mass is 252 g/mol. The summed E-state index contributed by atoms with van der Waals surface area (Å²) in [4.78, 5) is 6.87. The van der Waals surface area contributed by atoms with Crippen molar-refractivity contribution < 1.29 is 0 Å². The van der Waals surface area contributed by atoms with Gasteiger partial charge in [0.05, 0.1) is 0 Å². The van der Waals surface area contributed by atoms with Gasteiger partial charge in [0.25, 0.3) is 0 Å². The van der Waals surface area contributed by atoms with Crippen LogP contribution in [0.25, 0.3) is 0 Å². The first-order valence-electron chi connectivity index (χ1n) is 7.07. The third-order valence-corrected chi connectivity index (χ3v) is 4.14. The highest BCUT2D eigenvalue weighted by Crippen LogP contribution is 2.37. The smallest absolute Gasteiger partial charge is 0.0369 e. The molecule has 0 bridgehead atoms. The molecule has 2 atom stereocenters. The van der Waals surface area contributed by atoms with Gasteiger partial charge in [-0.3, -0.25) is 9.88 Å². The Hall–Kier alpha value is -1.67. The van der Waals surface area contributed by atoms with Gasteiger partial charge in [-0.15, -0.1) is 0 Å². The first-order valence-corrected chi connectivity index (χ1v) is 7.07. The van der Waals surface area contributed by atoms with Gasteiger partial charge in [0, 0.05) is 24.5 Å². The molecule has 1 aliphatic rings. The molecule has 1 aromatic carbocycles. The third-order valence-electron chi connectivity index (χ3n) is 4.14. The van der Waals surface area contributed by atoms with E-state index in [-0.39, 0.29) is 0 Å². The average molecular weight is 252 g/mol. The fraction of sp³-hybridized carbons (Fsp3) is 0.353. The molecule has 2 nitrogen and oxygen atoms in total. The number of nitrogens with zero attached hydrogens (tertiary/aromatic N) is 2. The molecule has 2 heteroatoms. The molecule has 19 heavy (non-hydrogen) atoms. The minimum atomic E-state index is 0.467. The molecule has 2 aromatic rings. The molecule has 0 saturated carbocycles. The summed E-state index contributed by atoms with van der Waals surface area (Å²) in [6, 6.07) is 16.0. The van der Waals surface area contributed by atoms with Crippen molar-refractivity contribution in [3.05, 3.63) is 66.0 Å². The lowest BCUT2D eigenvalue weighted by molar-refractivity contribution is 0.194. The number of rotatable bonds is 3. The van der Waals surface area contributed by atoms with E-state index in [0.29, 0.717) is 12.1 Å². The highest BCUT2D eigenvalue weighted by atomic mass is 15.2. The van der Waals surface area contributed by atoms with Gasteiger partial charge in [-0.2, -0.15) is 0 Å². The standard InChI is InChI=1S/C17H20N2/c1-14(15-7-3-2-4-8-15)19-12-6-10-17(19)16-9-5-11-18-13-16/h2-5,7-9,11,13-14,17H,6,10,12H2,1H3/t14-,17+/m0/s1. The molecular formula is C17H20N2. The van der Waals surface area contributed by atoms with Gasteiger partial charge in [0.2, 0.25) is 0 Å². The second-order valence-electron chi connectivity index (χ2n) is 5.27. The summed E-state index contributed by atoms with van der Waals surface area (Å²) in [7, 11) is 0. The summed E-state index contributed by atoms with van der Waals surface area (Å²) in [5, 5.41) is 0. The summed E-state index contributed by atoms with van der Waals surface area (Å²) in [5.74, 6) is 0. The Kier molecular flexibility index (Phi) is 3.60. The normalized spacial score (nSPS) is 21.4. The van der Waals surface area contributed by atoms with Crippen LogP contribution >= 0.6 is 0 Å². The van der Waals surface area contributed by atoms with Crippen LogP contribution in [-0.4, -0.2) is 16.4 Å². The maximum Gasteiger partial charge on any atom is 0.0369 e. The molecule has 3 rings (SSSR count). The van der Waals surface area contributed by atoms with E-state index in [1.54, 1.807) is 0 Å². The van der Waals surface area contributed by atoms with Gasteiger partial charge in [-0.05, 0) is 43.5 Å². The highest BCUT2D eigenvalue weighted by molar-refractivity contribution is 5.21. The first kappa shape index (κ1) is 12.4. The maximum absolute atomic E-state index is 4.27. The van der Waals surface area contributed by atoms with Crippen molar-refractivity contribution in [2.45, 2.75) is 31.8 Å². The predicted octanol–water partition coefficient (Wildman–Crippen LogP) is 3.98. The van der Waals surface area contributed by atoms with Gasteiger partial charge in [0.1, 0.15) is 0 Å². The lowest BCUT2D eigenvalue weighted by atomic mass is 10.0. The van der Waals surface area contributed by atoms with Gasteiger partial charge < -0.3 is 0 Å². The molecule has 0 aliphatic carbocycles. The zero-order valence-electron chi connectivity index (χ0n) is 11.4. The van der Waals surface area contributed by atoms with E-state index in [1.807, 2.05) is 18.5 Å². The number of hydrogen-bond donors (Lipinski definition) is 0. The fourth-order valence-electron chi connectivity index (χ4n) is 3.11. The zero-order chi connectivity index (χ0) is 13.1. The molecule has 0 N–H and O–H groups in total. The molecule has 98 valence electrons. The highest BCUT2D eigenvalue weighted by Gasteiger charge is 2.30. The van der Waals surface area contributed by atoms with Gasteiger partial charge in [-0.25, -0.2) is 0 Å². The van der Waals surface area contributed by atoms with E-state index in [2.05, 4.69) is 53.2 Å². The molecule has 1 fully saturated rings. The summed E-state index contributed by atoms with van der Waals surface area (Å²) in [6.07, 6.45) is 6.38. The average Bonchev–Trinajstić information content (AvgIpc) is 2.98. The molecular weight excluding hydrogens is 232 g/mol. The van der Waals surface area contributed by atoms with Gasteiger partial charge in [0.15, 0.2) is 0 Å². The minimum absolute atomic E-state index is 0.467. The van der Waals surface area contributed by atoms with Gasteiger partial charge >= 0.3 is 0 Å². The first-order chi connectivity index (χ1) is 9.36. The second kappa shape index (κ2) is 5.54. The lowest BCUT2D eigenvalue weighted by Crippen LogP contribution is -2.26. The lowest BCUT2D eigenvalue weighted by Gasteiger charge is -2.31. The number of likely N-dealkylation sites (tertiary alicyclic amines) is 1. The van der Waals surface area contributed by atoms with Gasteiger partial charge in [-0.1, -0.05) is 36.4 Å². The van der Waals surface area contributed by atoms with E-state index in [4.69, 9.17) is 0 Å². The number of aromatic nitrogens is 1. The van der Waals surface area contributed by atoms with Crippen molar-refractivity contribution in [1.82, 2.24) is 9.88 Å². The van der Waals surface area contributed by atoms with Crippen molar-refractivity contribution in [3.63, 3.8) is 0 Å². The number of hydrogen-bond acceptors (Lipinski definition) is 2. The van der Waals surface area contributed by atoms with Crippen LogP contribution in [0.4, 0.5) is 0 Å². The van der Waals surface area contributed by atoms with Crippen LogP contribution in [0, 0.1) is 0 Å². The van der Waals surface area contributed by atoms with Crippen LogP contribution in [0.5, 0.6) is 0 Å². The zero-order valence-corrected chi connectivity index (χ0v) is 11.4. The van der Waals surface area contributed by atoms with E-state index in [9.17, 15) is 0 Å². The molecule has 0 amide bonds. The molecule has 0 spiro atoms. The topological polar surface area (TPSA) is 16.1 Å². The molecule has 1 aliphatic heterocycles. The van der Waals surface area contributed by atoms with Crippen molar-refractivity contribution in [3.8, 4) is 0 Å². The summed E-state index contributed by atoms with van der Waals surface area (Å²) in [5.41, 5.74) is 2.75. The Balaban J connectivity index is 1.84. The van der Waals surface area contributed by atoms with Crippen molar-refractivity contribution in [1.29, 1.82) is 0 Å². The molecule has 0 unspecified atom stereocenters. The summed E-state index contributed by atoms with van der Waals surface area (Å²) < 4.78 is 0. The third kappa shape index (κ3) is 2.54. The Labute approximate surface area is 115 Å². The minimum Gasteiger partial charge on any atom is -0.290 e. The van der Waals surface area contributed by atoms with Crippen molar-refractivity contribution in [2.75, 3.05) is 6.54 Å². The van der Waals surface area contributed by atoms with Crippen molar-refractivity contribution >= 4 is 0 Å². The quantitative estimate of drug-likeness (QED) is 0.821. The predicted molar refractivity (Wildman–Crippen MR) is 77.8 cm³/mol. The Morgan fingerprint density at radius 2 is 2.00 bits per heavy atom. The molecule has 1 saturated heterocycles. The van der Waals surface area contributed by atoms with E-state index in [1.165, 1.54) is 30.5 Å². The van der Waals surface area contributed by atoms with E-state index < -0.39 is 0 Å². The van der Waals surface area contributed by atoms with Crippen LogP contribution in [0.3, 0.4) is 0 Å². The second-order valence-corrected chi connectivity index (χ2v) is 5.27. The van der Waals surface area contributed by atoms with Crippen LogP contribution < -0.4 is 0 Å². The summed E-state index contributed by atoms with van der Waals surface area (Å²) >= 11 is 0. The Bertz CT molecular complexity index is 509. The maximum atomic E-state index is 4.27. The Morgan fingerprint density at radius 1 is 1.16 bits per heavy atom. The molecule has 1 aromatic heterocycles. The molecule has 0 radical (unpaired) electrons. The summed E-state index contributed by atoms with van der Waals surface area (Å²) in [6.45, 7) is 3.49. The SMILES string of the molecule is C[C@@H](c1ccccc1)N1CCC[C@@H]1c1cccnc1. The number of pyridine rings is 1. The van der Waals surface area contributed by atoms with Crippen LogP contribution in [0.1, 0.15) is 43.0 Å². The van der Waals surface area contributed by atoms with E-state index in [0.717, 1.165) is 0 Å². The van der Waals surface area contributed by atoms with Crippen LogP contribution in [-0.2, 0) is 0 Å². The Morgan fingerprint density at radius 3 is 2.74 bits per heavy atom. The molecule has 2 heterocycles. The van der Waals surface area contributed by atoms with E-state index >= 15 is 0 Å². The number of benzene rings is 1. The van der Waals surface area contributed by atoms with Crippen LogP contribution in [0.15, 0.2) is 54.9 Å².